The number of hydrogen-bond acceptors (Lipinski definition) is 6. The molecule has 0 aliphatic carbocycles. The Morgan fingerprint density at radius 1 is 1.03 bits per heavy atom. The summed E-state index contributed by atoms with van der Waals surface area (Å²) in [5, 5.41) is 0. The van der Waals surface area contributed by atoms with E-state index in [1.54, 1.807) is 42.7 Å². The average molecular weight is 464 g/mol. The predicted molar refractivity (Wildman–Crippen MR) is 124 cm³/mol. The van der Waals surface area contributed by atoms with Gasteiger partial charge in [-0.05, 0) is 59.5 Å². The largest absolute Gasteiger partial charge is 0.464 e. The number of esters is 1. The van der Waals surface area contributed by atoms with Gasteiger partial charge in [-0.15, -0.1) is 0 Å². The van der Waals surface area contributed by atoms with E-state index < -0.39 is 16.0 Å². The topological polar surface area (TPSA) is 88.9 Å². The van der Waals surface area contributed by atoms with E-state index in [1.807, 2.05) is 32.8 Å². The zero-order valence-corrected chi connectivity index (χ0v) is 20.7. The second-order valence-corrected chi connectivity index (χ2v) is 9.99. The molecular weight excluding hydrogens is 430 g/mol. The number of methoxy groups -OCH3 is 1. The Hall–Kier alpha value is -2.49. The quantitative estimate of drug-likeness (QED) is 0.398. The van der Waals surface area contributed by atoms with Crippen LogP contribution in [0.3, 0.4) is 0 Å². The Kier molecular flexibility index (Phi) is 8.39. The molecular formula is C23H33N3O5S. The number of aryl methyl sites for hydroxylation is 1. The Bertz CT molecular complexity index is 1090. The molecule has 0 saturated carbocycles. The van der Waals surface area contributed by atoms with Crippen LogP contribution in [-0.2, 0) is 21.3 Å². The van der Waals surface area contributed by atoms with Crippen LogP contribution in [0.25, 0.3) is 0 Å². The van der Waals surface area contributed by atoms with Crippen LogP contribution >= 0.6 is 0 Å². The van der Waals surface area contributed by atoms with Crippen molar-refractivity contribution in [2.24, 2.45) is 0 Å². The molecule has 0 atom stereocenters. The highest BCUT2D eigenvalue weighted by molar-refractivity contribution is 7.89. The summed E-state index contributed by atoms with van der Waals surface area (Å²) >= 11 is 0. The predicted octanol–water partition coefficient (Wildman–Crippen LogP) is 2.66. The van der Waals surface area contributed by atoms with E-state index in [0.717, 1.165) is 5.56 Å². The summed E-state index contributed by atoms with van der Waals surface area (Å²) < 4.78 is 34.5. The van der Waals surface area contributed by atoms with Gasteiger partial charge < -0.3 is 14.2 Å². The van der Waals surface area contributed by atoms with Crippen LogP contribution in [0.4, 0.5) is 0 Å². The monoisotopic (exact) mass is 463 g/mol. The van der Waals surface area contributed by atoms with E-state index in [1.165, 1.54) is 11.4 Å². The van der Waals surface area contributed by atoms with E-state index >= 15 is 0 Å². The number of Topliss-reactive ketones (excluding diaryl/α,β-unsaturated/α-hetero) is 1. The van der Waals surface area contributed by atoms with Crippen LogP contribution < -0.4 is 0 Å². The van der Waals surface area contributed by atoms with Gasteiger partial charge in [-0.2, -0.15) is 4.31 Å². The van der Waals surface area contributed by atoms with Gasteiger partial charge in [0.2, 0.25) is 10.0 Å². The number of nitrogens with zero attached hydrogens (tertiary/aromatic N) is 3. The smallest absolute Gasteiger partial charge is 0.354 e. The standard InChI is InChI=1S/C23H33N3O5S/c1-8-26-18(4)21(17(3)22(26)23(28)31-7)20(27)15-25(14-13-24(5)6)32(29,30)19-11-9-16(2)10-12-19/h9-12H,8,13-15H2,1-7H3. The van der Waals surface area contributed by atoms with Crippen molar-refractivity contribution in [3.8, 4) is 0 Å². The highest BCUT2D eigenvalue weighted by atomic mass is 32.2. The molecule has 0 N–H and O–H groups in total. The Morgan fingerprint density at radius 3 is 2.12 bits per heavy atom. The molecule has 0 spiro atoms. The first kappa shape index (κ1) is 25.8. The van der Waals surface area contributed by atoms with Crippen molar-refractivity contribution >= 4 is 21.8 Å². The lowest BCUT2D eigenvalue weighted by Gasteiger charge is -2.23. The minimum atomic E-state index is -3.88. The number of rotatable bonds is 10. The van der Waals surface area contributed by atoms with E-state index in [2.05, 4.69) is 0 Å². The molecule has 0 aliphatic heterocycles. The van der Waals surface area contributed by atoms with Gasteiger partial charge in [0.1, 0.15) is 5.69 Å². The third-order valence-corrected chi connectivity index (χ3v) is 7.38. The van der Waals surface area contributed by atoms with Crippen LogP contribution in [-0.4, -0.2) is 74.8 Å². The molecule has 2 rings (SSSR count). The summed E-state index contributed by atoms with van der Waals surface area (Å²) in [7, 11) is 1.10. The minimum absolute atomic E-state index is 0.143. The van der Waals surface area contributed by atoms with Crippen LogP contribution in [0.5, 0.6) is 0 Å². The van der Waals surface area contributed by atoms with Crippen molar-refractivity contribution in [2.75, 3.05) is 40.8 Å². The first-order chi connectivity index (χ1) is 14.9. The second-order valence-electron chi connectivity index (χ2n) is 8.05. The molecule has 9 heteroatoms. The van der Waals surface area contributed by atoms with Crippen LogP contribution in [0, 0.1) is 20.8 Å². The molecule has 8 nitrogen and oxygen atoms in total. The van der Waals surface area contributed by atoms with Gasteiger partial charge in [-0.25, -0.2) is 13.2 Å². The third-order valence-electron chi connectivity index (χ3n) is 5.52. The van der Waals surface area contributed by atoms with Crippen LogP contribution in [0.15, 0.2) is 29.2 Å². The fourth-order valence-corrected chi connectivity index (χ4v) is 5.14. The van der Waals surface area contributed by atoms with Gasteiger partial charge in [0.25, 0.3) is 0 Å². The fourth-order valence-electron chi connectivity index (χ4n) is 3.76. The van der Waals surface area contributed by atoms with Gasteiger partial charge in [0, 0.05) is 30.9 Å². The number of ether oxygens (including phenoxy) is 1. The maximum absolute atomic E-state index is 13.4. The lowest BCUT2D eigenvalue weighted by molar-refractivity contribution is 0.0587. The number of benzene rings is 1. The van der Waals surface area contributed by atoms with Gasteiger partial charge in [0.15, 0.2) is 5.78 Å². The fraction of sp³-hybridized carbons (Fsp3) is 0.478. The first-order valence-electron chi connectivity index (χ1n) is 10.5. The van der Waals surface area contributed by atoms with Gasteiger partial charge in [0.05, 0.1) is 18.6 Å². The van der Waals surface area contributed by atoms with E-state index in [0.29, 0.717) is 35.6 Å². The van der Waals surface area contributed by atoms with Crippen LogP contribution in [0.2, 0.25) is 0 Å². The number of aromatic nitrogens is 1. The molecule has 0 unspecified atom stereocenters. The second kappa shape index (κ2) is 10.4. The zero-order valence-electron chi connectivity index (χ0n) is 19.9. The van der Waals surface area contributed by atoms with Crippen molar-refractivity contribution < 1.29 is 22.7 Å². The number of hydrogen-bond donors (Lipinski definition) is 0. The van der Waals surface area contributed by atoms with Crippen molar-refractivity contribution in [3.63, 3.8) is 0 Å². The Balaban J connectivity index is 2.48. The number of sulfonamides is 1. The molecule has 0 saturated heterocycles. The molecule has 0 aliphatic rings. The molecule has 32 heavy (non-hydrogen) atoms. The Morgan fingerprint density at radius 2 is 1.62 bits per heavy atom. The summed E-state index contributed by atoms with van der Waals surface area (Å²) in [6.45, 7) is 7.98. The summed E-state index contributed by atoms with van der Waals surface area (Å²) in [4.78, 5) is 27.7. The molecule has 0 fully saturated rings. The molecule has 176 valence electrons. The molecule has 0 radical (unpaired) electrons. The zero-order chi connectivity index (χ0) is 24.2. The molecule has 0 bridgehead atoms. The highest BCUT2D eigenvalue weighted by Gasteiger charge is 2.31. The maximum atomic E-state index is 13.4. The Labute approximate surface area is 190 Å². The van der Waals surface area contributed by atoms with Gasteiger partial charge >= 0.3 is 5.97 Å². The van der Waals surface area contributed by atoms with E-state index in [4.69, 9.17) is 4.74 Å². The number of carbonyl (C=O) groups is 2. The number of likely N-dealkylation sites (N-methyl/N-ethyl adjacent to an activating group) is 1. The van der Waals surface area contributed by atoms with Crippen LogP contribution in [0.1, 0.15) is 44.6 Å². The molecule has 1 aromatic carbocycles. The molecule has 1 aromatic heterocycles. The van der Waals surface area contributed by atoms with Crippen molar-refractivity contribution in [1.82, 2.24) is 13.8 Å². The van der Waals surface area contributed by atoms with Gasteiger partial charge in [-0.3, -0.25) is 4.79 Å². The van der Waals surface area contributed by atoms with Gasteiger partial charge in [-0.1, -0.05) is 17.7 Å². The molecule has 1 heterocycles. The minimum Gasteiger partial charge on any atom is -0.464 e. The van der Waals surface area contributed by atoms with Crippen molar-refractivity contribution in [1.29, 1.82) is 0 Å². The molecule has 0 amide bonds. The van der Waals surface area contributed by atoms with Crippen molar-refractivity contribution in [3.05, 3.63) is 52.3 Å². The molecule has 2 aromatic rings. The first-order valence-corrected chi connectivity index (χ1v) is 11.9. The summed E-state index contributed by atoms with van der Waals surface area (Å²) in [5.74, 6) is -0.880. The normalized spacial score (nSPS) is 11.9. The van der Waals surface area contributed by atoms with E-state index in [-0.39, 0.29) is 23.8 Å². The van der Waals surface area contributed by atoms with Crippen molar-refractivity contribution in [2.45, 2.75) is 39.1 Å². The lowest BCUT2D eigenvalue weighted by Crippen LogP contribution is -2.40. The maximum Gasteiger partial charge on any atom is 0.354 e. The summed E-state index contributed by atoms with van der Waals surface area (Å²) in [6.07, 6.45) is 0. The number of ketones is 1. The highest BCUT2D eigenvalue weighted by Crippen LogP contribution is 2.25. The SMILES string of the molecule is CCn1c(C)c(C(=O)CN(CCN(C)C)S(=O)(=O)c2ccc(C)cc2)c(C)c1C(=O)OC. The summed E-state index contributed by atoms with van der Waals surface area (Å²) in [5.41, 5.74) is 2.75. The average Bonchev–Trinajstić information content (AvgIpc) is 2.99. The number of carbonyl (C=O) groups excluding carboxylic acids is 2. The third kappa shape index (κ3) is 5.28. The lowest BCUT2D eigenvalue weighted by atomic mass is 10.1. The summed E-state index contributed by atoms with van der Waals surface area (Å²) in [6, 6.07) is 6.57. The van der Waals surface area contributed by atoms with E-state index in [9.17, 15) is 18.0 Å².